The third kappa shape index (κ3) is 3.55. The Morgan fingerprint density at radius 1 is 1.30 bits per heavy atom. The van der Waals surface area contributed by atoms with Crippen LogP contribution in [0.4, 0.5) is 0 Å². The molecule has 2 fully saturated rings. The standard InChI is InChI=1S/C17H32N2O/c1-4-13(3)16-17(20)19(15(5-2)18-16)12-8-11-14-9-6-7-10-14/h13-16,18H,4-12H2,1-3H3. The molecule has 3 heteroatoms. The number of hydrogen-bond donors (Lipinski definition) is 1. The zero-order chi connectivity index (χ0) is 14.5. The zero-order valence-electron chi connectivity index (χ0n) is 13.5. The maximum Gasteiger partial charge on any atom is 0.241 e. The first-order chi connectivity index (χ1) is 9.67. The third-order valence-electron chi connectivity index (χ3n) is 5.38. The summed E-state index contributed by atoms with van der Waals surface area (Å²) < 4.78 is 0. The Hall–Kier alpha value is -0.570. The highest BCUT2D eigenvalue weighted by Crippen LogP contribution is 2.29. The molecule has 1 aliphatic carbocycles. The van der Waals surface area contributed by atoms with Gasteiger partial charge >= 0.3 is 0 Å². The number of nitrogens with one attached hydrogen (secondary N) is 1. The molecule has 0 aromatic carbocycles. The van der Waals surface area contributed by atoms with E-state index in [2.05, 4.69) is 31.0 Å². The minimum atomic E-state index is 0.0523. The molecule has 0 spiro atoms. The van der Waals surface area contributed by atoms with Crippen molar-refractivity contribution in [3.63, 3.8) is 0 Å². The number of amides is 1. The average molecular weight is 280 g/mol. The largest absolute Gasteiger partial charge is 0.326 e. The molecule has 0 aromatic rings. The molecule has 20 heavy (non-hydrogen) atoms. The van der Waals surface area contributed by atoms with Crippen LogP contribution in [0.5, 0.6) is 0 Å². The quantitative estimate of drug-likeness (QED) is 0.773. The predicted octanol–water partition coefficient (Wildman–Crippen LogP) is 3.54. The molecule has 1 amide bonds. The van der Waals surface area contributed by atoms with E-state index < -0.39 is 0 Å². The molecule has 1 heterocycles. The highest BCUT2D eigenvalue weighted by atomic mass is 16.2. The van der Waals surface area contributed by atoms with E-state index in [9.17, 15) is 4.79 Å². The van der Waals surface area contributed by atoms with Gasteiger partial charge in [0.15, 0.2) is 0 Å². The lowest BCUT2D eigenvalue weighted by Gasteiger charge is -2.23. The van der Waals surface area contributed by atoms with Crippen LogP contribution in [-0.4, -0.2) is 29.6 Å². The molecule has 2 aliphatic rings. The van der Waals surface area contributed by atoms with Crippen LogP contribution in [0.1, 0.15) is 72.1 Å². The van der Waals surface area contributed by atoms with Crippen LogP contribution in [0, 0.1) is 11.8 Å². The van der Waals surface area contributed by atoms with Crippen molar-refractivity contribution in [2.75, 3.05) is 6.54 Å². The van der Waals surface area contributed by atoms with E-state index in [4.69, 9.17) is 0 Å². The summed E-state index contributed by atoms with van der Waals surface area (Å²) in [6.07, 6.45) is 10.5. The number of nitrogens with zero attached hydrogens (tertiary/aromatic N) is 1. The number of carbonyl (C=O) groups excluding carboxylic acids is 1. The van der Waals surface area contributed by atoms with Crippen molar-refractivity contribution in [1.82, 2.24) is 10.2 Å². The lowest BCUT2D eigenvalue weighted by atomic mass is 9.99. The molecule has 0 bridgehead atoms. The smallest absolute Gasteiger partial charge is 0.241 e. The molecule has 3 nitrogen and oxygen atoms in total. The van der Waals surface area contributed by atoms with Gasteiger partial charge in [-0.2, -0.15) is 0 Å². The molecule has 116 valence electrons. The number of carbonyl (C=O) groups is 1. The lowest BCUT2D eigenvalue weighted by Crippen LogP contribution is -2.37. The van der Waals surface area contributed by atoms with E-state index in [1.165, 1.54) is 38.5 Å². The van der Waals surface area contributed by atoms with Crippen molar-refractivity contribution >= 4 is 5.91 Å². The Kier molecular flexibility index (Phi) is 5.88. The Bertz CT molecular complexity index is 312. The molecule has 1 aliphatic heterocycles. The van der Waals surface area contributed by atoms with Crippen molar-refractivity contribution < 1.29 is 4.79 Å². The van der Waals surface area contributed by atoms with Gasteiger partial charge in [-0.25, -0.2) is 0 Å². The van der Waals surface area contributed by atoms with Crippen LogP contribution < -0.4 is 5.32 Å². The highest BCUT2D eigenvalue weighted by Gasteiger charge is 2.39. The molecule has 1 saturated heterocycles. The third-order valence-corrected chi connectivity index (χ3v) is 5.38. The van der Waals surface area contributed by atoms with Gasteiger partial charge < -0.3 is 4.90 Å². The fourth-order valence-corrected chi connectivity index (χ4v) is 3.80. The Balaban J connectivity index is 1.83. The van der Waals surface area contributed by atoms with Gasteiger partial charge in [0.05, 0.1) is 12.2 Å². The second kappa shape index (κ2) is 7.44. The maximum atomic E-state index is 12.6. The van der Waals surface area contributed by atoms with Gasteiger partial charge in [-0.05, 0) is 31.1 Å². The van der Waals surface area contributed by atoms with Crippen molar-refractivity contribution in [3.05, 3.63) is 0 Å². The molecule has 1 N–H and O–H groups in total. The summed E-state index contributed by atoms with van der Waals surface area (Å²) >= 11 is 0. The topological polar surface area (TPSA) is 32.3 Å². The first-order valence-electron chi connectivity index (χ1n) is 8.73. The summed E-state index contributed by atoms with van der Waals surface area (Å²) in [7, 11) is 0. The first kappa shape index (κ1) is 15.8. The Morgan fingerprint density at radius 3 is 2.60 bits per heavy atom. The summed E-state index contributed by atoms with van der Waals surface area (Å²) in [5, 5.41) is 3.55. The molecule has 3 unspecified atom stereocenters. The van der Waals surface area contributed by atoms with Crippen LogP contribution in [-0.2, 0) is 4.79 Å². The van der Waals surface area contributed by atoms with Crippen LogP contribution in [0.3, 0.4) is 0 Å². The Morgan fingerprint density at radius 2 is 2.00 bits per heavy atom. The maximum absolute atomic E-state index is 12.6. The molecule has 0 aromatic heterocycles. The number of hydrogen-bond acceptors (Lipinski definition) is 2. The van der Waals surface area contributed by atoms with Gasteiger partial charge in [0.25, 0.3) is 0 Å². The van der Waals surface area contributed by atoms with E-state index in [0.29, 0.717) is 11.8 Å². The average Bonchev–Trinajstić information content (AvgIpc) is 3.07. The SMILES string of the molecule is CCC(C)C1NC(CC)N(CCCC2CCCC2)C1=O. The number of rotatable bonds is 7. The monoisotopic (exact) mass is 280 g/mol. The van der Waals surface area contributed by atoms with Gasteiger partial charge in [-0.1, -0.05) is 52.9 Å². The van der Waals surface area contributed by atoms with E-state index in [1.54, 1.807) is 0 Å². The summed E-state index contributed by atoms with van der Waals surface area (Å²) in [5.74, 6) is 1.72. The van der Waals surface area contributed by atoms with Crippen molar-refractivity contribution in [3.8, 4) is 0 Å². The van der Waals surface area contributed by atoms with Crippen molar-refractivity contribution in [2.45, 2.75) is 84.3 Å². The van der Waals surface area contributed by atoms with Gasteiger partial charge in [-0.15, -0.1) is 0 Å². The zero-order valence-corrected chi connectivity index (χ0v) is 13.5. The highest BCUT2D eigenvalue weighted by molar-refractivity contribution is 5.84. The van der Waals surface area contributed by atoms with Gasteiger partial charge in [0.1, 0.15) is 0 Å². The van der Waals surface area contributed by atoms with Crippen LogP contribution >= 0.6 is 0 Å². The predicted molar refractivity (Wildman–Crippen MR) is 83.4 cm³/mol. The second-order valence-corrected chi connectivity index (χ2v) is 6.78. The van der Waals surface area contributed by atoms with E-state index in [-0.39, 0.29) is 12.2 Å². The van der Waals surface area contributed by atoms with Crippen molar-refractivity contribution in [2.24, 2.45) is 11.8 Å². The lowest BCUT2D eigenvalue weighted by molar-refractivity contribution is -0.131. The van der Waals surface area contributed by atoms with Crippen molar-refractivity contribution in [1.29, 1.82) is 0 Å². The molecule has 1 saturated carbocycles. The summed E-state index contributed by atoms with van der Waals surface area (Å²) in [4.78, 5) is 14.7. The second-order valence-electron chi connectivity index (χ2n) is 6.78. The van der Waals surface area contributed by atoms with Crippen LogP contribution in [0.25, 0.3) is 0 Å². The fourth-order valence-electron chi connectivity index (χ4n) is 3.80. The minimum absolute atomic E-state index is 0.0523. The normalized spacial score (nSPS) is 29.4. The van der Waals surface area contributed by atoms with E-state index in [0.717, 1.165) is 25.3 Å². The first-order valence-corrected chi connectivity index (χ1v) is 8.73. The van der Waals surface area contributed by atoms with Gasteiger partial charge in [0.2, 0.25) is 5.91 Å². The summed E-state index contributed by atoms with van der Waals surface area (Å²) in [5.41, 5.74) is 0. The van der Waals surface area contributed by atoms with Gasteiger partial charge in [-0.3, -0.25) is 10.1 Å². The van der Waals surface area contributed by atoms with Crippen LogP contribution in [0.15, 0.2) is 0 Å². The molecular weight excluding hydrogens is 248 g/mol. The van der Waals surface area contributed by atoms with E-state index >= 15 is 0 Å². The molecular formula is C17H32N2O. The minimum Gasteiger partial charge on any atom is -0.326 e. The summed E-state index contributed by atoms with van der Waals surface area (Å²) in [6, 6.07) is 0.0523. The molecule has 3 atom stereocenters. The van der Waals surface area contributed by atoms with Crippen LogP contribution in [0.2, 0.25) is 0 Å². The van der Waals surface area contributed by atoms with Gasteiger partial charge in [0, 0.05) is 6.54 Å². The van der Waals surface area contributed by atoms with E-state index in [1.807, 2.05) is 0 Å². The Labute approximate surface area is 124 Å². The molecule has 0 radical (unpaired) electrons. The summed E-state index contributed by atoms with van der Waals surface area (Å²) in [6.45, 7) is 7.48. The fraction of sp³-hybridized carbons (Fsp3) is 0.941. The molecule has 2 rings (SSSR count).